The van der Waals surface area contributed by atoms with Crippen LogP contribution in [0, 0.1) is 0 Å². The third-order valence-corrected chi connectivity index (χ3v) is 6.51. The molecule has 2 heterocycles. The van der Waals surface area contributed by atoms with Crippen LogP contribution in [0.4, 0.5) is 0 Å². The van der Waals surface area contributed by atoms with Crippen molar-refractivity contribution in [3.8, 4) is 5.75 Å². The van der Waals surface area contributed by atoms with Crippen LogP contribution >= 0.6 is 0 Å². The van der Waals surface area contributed by atoms with Crippen LogP contribution in [0.5, 0.6) is 5.75 Å². The van der Waals surface area contributed by atoms with Gasteiger partial charge < -0.3 is 24.8 Å². The molecule has 1 saturated heterocycles. The Hall–Kier alpha value is -3.43. The summed E-state index contributed by atoms with van der Waals surface area (Å²) in [6.45, 7) is 4.65. The first-order valence-electron chi connectivity index (χ1n) is 11.8. The van der Waals surface area contributed by atoms with Crippen LogP contribution < -0.4 is 10.5 Å². The van der Waals surface area contributed by atoms with Gasteiger partial charge in [-0.3, -0.25) is 19.3 Å². The molecule has 0 saturated carbocycles. The highest BCUT2D eigenvalue weighted by Gasteiger charge is 2.37. The normalized spacial score (nSPS) is 16.6. The summed E-state index contributed by atoms with van der Waals surface area (Å²) in [6, 6.07) is 12.6. The van der Waals surface area contributed by atoms with Gasteiger partial charge in [0.1, 0.15) is 18.4 Å². The van der Waals surface area contributed by atoms with Crippen LogP contribution in [-0.2, 0) is 38.8 Å². The van der Waals surface area contributed by atoms with Crippen LogP contribution in [0.15, 0.2) is 42.5 Å². The Kier molecular flexibility index (Phi) is 7.99. The van der Waals surface area contributed by atoms with Crippen molar-refractivity contribution in [1.82, 2.24) is 9.80 Å². The summed E-state index contributed by atoms with van der Waals surface area (Å²) in [4.78, 5) is 40.5. The number of hydrogen-bond acceptors (Lipinski definition) is 7. The quantitative estimate of drug-likeness (QED) is 0.516. The van der Waals surface area contributed by atoms with E-state index in [9.17, 15) is 14.4 Å². The number of benzene rings is 2. The molecule has 2 N–H and O–H groups in total. The number of nitrogens with two attached hydrogens (primary N) is 1. The number of carbonyl (C=O) groups is 3. The summed E-state index contributed by atoms with van der Waals surface area (Å²) >= 11 is 0. The van der Waals surface area contributed by atoms with Crippen molar-refractivity contribution >= 4 is 17.8 Å². The maximum Gasteiger partial charge on any atom is 0.305 e. The Balaban J connectivity index is 1.47. The van der Waals surface area contributed by atoms with E-state index >= 15 is 0 Å². The van der Waals surface area contributed by atoms with Crippen molar-refractivity contribution in [1.29, 1.82) is 0 Å². The van der Waals surface area contributed by atoms with Crippen LogP contribution in [0.25, 0.3) is 0 Å². The van der Waals surface area contributed by atoms with E-state index in [1.165, 1.54) is 17.6 Å². The van der Waals surface area contributed by atoms with Crippen molar-refractivity contribution in [2.24, 2.45) is 5.73 Å². The minimum atomic E-state index is -0.906. The van der Waals surface area contributed by atoms with E-state index in [0.717, 1.165) is 38.4 Å². The van der Waals surface area contributed by atoms with E-state index in [2.05, 4.69) is 15.7 Å². The Bertz CT molecular complexity index is 1080. The number of morpholine rings is 1. The Labute approximate surface area is 204 Å². The van der Waals surface area contributed by atoms with E-state index < -0.39 is 17.9 Å². The molecule has 2 aromatic carbocycles. The summed E-state index contributed by atoms with van der Waals surface area (Å²) in [5.74, 6) is -0.822. The highest BCUT2D eigenvalue weighted by molar-refractivity contribution is 6.01. The lowest BCUT2D eigenvalue weighted by molar-refractivity contribution is -0.141. The second kappa shape index (κ2) is 11.3. The Morgan fingerprint density at radius 1 is 1.09 bits per heavy atom. The van der Waals surface area contributed by atoms with Crippen molar-refractivity contribution in [2.45, 2.75) is 38.6 Å². The Morgan fingerprint density at radius 2 is 1.83 bits per heavy atom. The van der Waals surface area contributed by atoms with Gasteiger partial charge in [0, 0.05) is 37.2 Å². The predicted octanol–water partition coefficient (Wildman–Crippen LogP) is 1.86. The number of carbonyl (C=O) groups excluding carboxylic acids is 3. The predicted molar refractivity (Wildman–Crippen MR) is 127 cm³/mol. The smallest absolute Gasteiger partial charge is 0.305 e. The van der Waals surface area contributed by atoms with Crippen molar-refractivity contribution in [3.05, 3.63) is 64.7 Å². The molecule has 0 radical (unpaired) electrons. The highest BCUT2D eigenvalue weighted by atomic mass is 16.5. The third kappa shape index (κ3) is 5.80. The van der Waals surface area contributed by atoms with Gasteiger partial charge in [0.25, 0.3) is 5.91 Å². The van der Waals surface area contributed by atoms with Gasteiger partial charge in [0.2, 0.25) is 5.91 Å². The molecule has 0 spiro atoms. The number of ether oxygens (including phenoxy) is 3. The van der Waals surface area contributed by atoms with Crippen LogP contribution in [-0.4, -0.2) is 67.0 Å². The van der Waals surface area contributed by atoms with Crippen molar-refractivity contribution in [3.63, 3.8) is 0 Å². The maximum absolute atomic E-state index is 13.1. The van der Waals surface area contributed by atoms with E-state index in [-0.39, 0.29) is 25.3 Å². The SMILES string of the molecule is COC(=O)CCC(C(N)=O)N1Cc2c(OCc3ccccc3CN3CCOCC3)cccc2C1=O. The first-order valence-corrected chi connectivity index (χ1v) is 11.8. The lowest BCUT2D eigenvalue weighted by Crippen LogP contribution is -2.45. The lowest BCUT2D eigenvalue weighted by Gasteiger charge is -2.27. The fraction of sp³-hybridized carbons (Fsp3) is 0.423. The summed E-state index contributed by atoms with van der Waals surface area (Å²) in [6.07, 6.45) is 0.0976. The summed E-state index contributed by atoms with van der Waals surface area (Å²) < 4.78 is 16.3. The zero-order valence-corrected chi connectivity index (χ0v) is 19.9. The van der Waals surface area contributed by atoms with Gasteiger partial charge in [-0.05, 0) is 29.7 Å². The molecule has 35 heavy (non-hydrogen) atoms. The molecule has 9 heteroatoms. The van der Waals surface area contributed by atoms with Gasteiger partial charge in [0.15, 0.2) is 0 Å². The van der Waals surface area contributed by atoms with E-state index in [1.807, 2.05) is 24.3 Å². The molecule has 0 bridgehead atoms. The molecule has 2 amide bonds. The molecule has 1 unspecified atom stereocenters. The summed E-state index contributed by atoms with van der Waals surface area (Å²) in [7, 11) is 1.28. The number of amides is 2. The fourth-order valence-electron chi connectivity index (χ4n) is 4.53. The van der Waals surface area contributed by atoms with E-state index in [0.29, 0.717) is 23.5 Å². The van der Waals surface area contributed by atoms with E-state index in [1.54, 1.807) is 12.1 Å². The monoisotopic (exact) mass is 481 g/mol. The summed E-state index contributed by atoms with van der Waals surface area (Å²) in [5.41, 5.74) is 9.04. The zero-order chi connectivity index (χ0) is 24.8. The zero-order valence-electron chi connectivity index (χ0n) is 19.9. The van der Waals surface area contributed by atoms with Gasteiger partial charge in [-0.25, -0.2) is 0 Å². The first-order chi connectivity index (χ1) is 17.0. The number of esters is 1. The molecule has 1 fully saturated rings. The first kappa shape index (κ1) is 24.7. The fourth-order valence-corrected chi connectivity index (χ4v) is 4.53. The molecule has 2 aromatic rings. The molecule has 1 atom stereocenters. The van der Waals surface area contributed by atoms with Crippen LogP contribution in [0.1, 0.15) is 39.9 Å². The molecule has 186 valence electrons. The molecule has 0 aromatic heterocycles. The van der Waals surface area contributed by atoms with Crippen LogP contribution in [0.3, 0.4) is 0 Å². The second-order valence-electron chi connectivity index (χ2n) is 8.69. The minimum Gasteiger partial charge on any atom is -0.489 e. The Morgan fingerprint density at radius 3 is 2.54 bits per heavy atom. The number of primary amides is 1. The second-order valence-corrected chi connectivity index (χ2v) is 8.69. The average Bonchev–Trinajstić information content (AvgIpc) is 3.20. The van der Waals surface area contributed by atoms with Gasteiger partial charge in [-0.15, -0.1) is 0 Å². The molecule has 2 aliphatic heterocycles. The molecular weight excluding hydrogens is 450 g/mol. The largest absolute Gasteiger partial charge is 0.489 e. The van der Waals surface area contributed by atoms with Gasteiger partial charge in [0.05, 0.1) is 26.9 Å². The standard InChI is InChI=1S/C26H31N3O6/c1-33-24(30)10-9-22(25(27)31)29-16-21-20(26(29)32)7-4-8-23(21)35-17-19-6-3-2-5-18(19)15-28-11-13-34-14-12-28/h2-8,22H,9-17H2,1H3,(H2,27,31). The van der Waals surface area contributed by atoms with Crippen molar-refractivity contribution < 1.29 is 28.6 Å². The highest BCUT2D eigenvalue weighted by Crippen LogP contribution is 2.33. The molecule has 9 nitrogen and oxygen atoms in total. The van der Waals surface area contributed by atoms with Gasteiger partial charge >= 0.3 is 5.97 Å². The number of hydrogen-bond donors (Lipinski definition) is 1. The topological polar surface area (TPSA) is 111 Å². The average molecular weight is 482 g/mol. The number of fused-ring (bicyclic) bond motifs is 1. The van der Waals surface area contributed by atoms with E-state index in [4.69, 9.17) is 15.2 Å². The molecular formula is C26H31N3O6. The molecule has 4 rings (SSSR count). The molecule has 2 aliphatic rings. The van der Waals surface area contributed by atoms with Gasteiger partial charge in [-0.2, -0.15) is 0 Å². The van der Waals surface area contributed by atoms with Crippen LogP contribution in [0.2, 0.25) is 0 Å². The lowest BCUT2D eigenvalue weighted by atomic mass is 10.1. The van der Waals surface area contributed by atoms with Crippen molar-refractivity contribution in [2.75, 3.05) is 33.4 Å². The maximum atomic E-state index is 13.1. The number of nitrogens with zero attached hydrogens (tertiary/aromatic N) is 2. The minimum absolute atomic E-state index is 0.00643. The summed E-state index contributed by atoms with van der Waals surface area (Å²) in [5, 5.41) is 0. The molecule has 0 aliphatic carbocycles. The third-order valence-electron chi connectivity index (χ3n) is 6.51. The number of methoxy groups -OCH3 is 1. The number of rotatable bonds is 10. The van der Waals surface area contributed by atoms with Gasteiger partial charge in [-0.1, -0.05) is 30.3 Å².